The molecule has 0 aliphatic carbocycles. The van der Waals surface area contributed by atoms with Gasteiger partial charge in [-0.15, -0.1) is 0 Å². The molecule has 4 nitrogen and oxygen atoms in total. The molecule has 0 aliphatic heterocycles. The largest absolute Gasteiger partial charge is 0.472 e. The van der Waals surface area contributed by atoms with Crippen molar-refractivity contribution in [3.05, 3.63) is 34.9 Å². The average Bonchev–Trinajstić information content (AvgIpc) is 2.93. The van der Waals surface area contributed by atoms with Gasteiger partial charge in [-0.2, -0.15) is 0 Å². The monoisotopic (exact) mass is 608 g/mol. The molecule has 0 saturated heterocycles. The van der Waals surface area contributed by atoms with E-state index in [4.69, 9.17) is 9.05 Å². The highest BCUT2D eigenvalue weighted by Crippen LogP contribution is 2.43. The molecule has 0 aromatic heterocycles. The average molecular weight is 609 g/mol. The molecule has 42 heavy (non-hydrogen) atoms. The molecule has 0 amide bonds. The highest BCUT2D eigenvalue weighted by atomic mass is 31.2. The Morgan fingerprint density at radius 3 is 1.40 bits per heavy atom. The second kappa shape index (κ2) is 24.6. The Balaban J connectivity index is 1.88. The Bertz CT molecular complexity index is 816. The molecule has 1 rings (SSSR count). The lowest BCUT2D eigenvalue weighted by Crippen LogP contribution is -2.14. The molecular weight excluding hydrogens is 539 g/mol. The molecule has 0 spiro atoms. The number of hydrogen-bond donors (Lipinski definition) is 1. The van der Waals surface area contributed by atoms with Crippen LogP contribution in [-0.2, 0) is 25.4 Å². The van der Waals surface area contributed by atoms with Gasteiger partial charge in [-0.05, 0) is 49.1 Å². The molecular formula is C37H69O4P. The van der Waals surface area contributed by atoms with Gasteiger partial charge in [0.25, 0.3) is 0 Å². The zero-order valence-electron chi connectivity index (χ0n) is 28.5. The Labute approximate surface area is 261 Å². The topological polar surface area (TPSA) is 55.8 Å². The summed E-state index contributed by atoms with van der Waals surface area (Å²) in [5.74, 6) is 0. The molecule has 0 radical (unpaired) electrons. The first-order chi connectivity index (χ1) is 20.2. The van der Waals surface area contributed by atoms with Gasteiger partial charge in [-0.3, -0.25) is 9.05 Å². The molecule has 1 unspecified atom stereocenters. The molecule has 5 heteroatoms. The van der Waals surface area contributed by atoms with Crippen LogP contribution in [0.15, 0.2) is 18.2 Å². The number of aryl methyl sites for hydroxylation is 2. The van der Waals surface area contributed by atoms with E-state index in [2.05, 4.69) is 52.8 Å². The first kappa shape index (κ1) is 39.4. The summed E-state index contributed by atoms with van der Waals surface area (Å²) in [5.41, 5.74) is 4.64. The van der Waals surface area contributed by atoms with Gasteiger partial charge in [0.1, 0.15) is 0 Å². The van der Waals surface area contributed by atoms with Crippen LogP contribution in [0.2, 0.25) is 0 Å². The molecule has 1 atom stereocenters. The van der Waals surface area contributed by atoms with E-state index in [1.54, 1.807) is 5.56 Å². The van der Waals surface area contributed by atoms with Crippen LogP contribution >= 0.6 is 7.82 Å². The number of phosphoric ester groups is 1. The fourth-order valence-electron chi connectivity index (χ4n) is 5.83. The summed E-state index contributed by atoms with van der Waals surface area (Å²) in [7, 11) is -3.88. The van der Waals surface area contributed by atoms with Gasteiger partial charge in [0.15, 0.2) is 0 Å². The van der Waals surface area contributed by atoms with Crippen molar-refractivity contribution < 1.29 is 18.5 Å². The molecule has 0 fully saturated rings. The fraction of sp³-hybridized carbons (Fsp3) is 0.838. The van der Waals surface area contributed by atoms with E-state index < -0.39 is 7.82 Å². The van der Waals surface area contributed by atoms with E-state index in [9.17, 15) is 9.46 Å². The Hall–Kier alpha value is -0.670. The Morgan fingerprint density at radius 1 is 0.619 bits per heavy atom. The maximum Gasteiger partial charge on any atom is 0.472 e. The van der Waals surface area contributed by atoms with Gasteiger partial charge in [0.2, 0.25) is 0 Å². The predicted molar refractivity (Wildman–Crippen MR) is 183 cm³/mol. The fourth-order valence-corrected chi connectivity index (χ4v) is 6.63. The van der Waals surface area contributed by atoms with Crippen LogP contribution in [0.1, 0.15) is 186 Å². The highest BCUT2D eigenvalue weighted by Gasteiger charge is 2.20. The molecule has 1 aromatic rings. The normalized spacial score (nSPS) is 13.5. The minimum Gasteiger partial charge on any atom is -0.302 e. The highest BCUT2D eigenvalue weighted by molar-refractivity contribution is 7.47. The SMILES string of the molecule is CCCCCCCCCCCCCOP(=O)(O)OCCCCCCCCCCCCCc1cc(C)ccc1C(C)(C)C. The summed E-state index contributed by atoms with van der Waals surface area (Å²) in [6, 6.07) is 6.98. The molecule has 1 aromatic carbocycles. The molecule has 0 bridgehead atoms. The minimum absolute atomic E-state index is 0.219. The lowest BCUT2D eigenvalue weighted by Gasteiger charge is -2.23. The molecule has 0 saturated carbocycles. The van der Waals surface area contributed by atoms with Crippen LogP contribution in [0.3, 0.4) is 0 Å². The van der Waals surface area contributed by atoms with Gasteiger partial charge in [-0.1, -0.05) is 173 Å². The zero-order valence-corrected chi connectivity index (χ0v) is 29.4. The third-order valence-corrected chi connectivity index (χ3v) is 9.43. The van der Waals surface area contributed by atoms with Crippen molar-refractivity contribution in [3.63, 3.8) is 0 Å². The Kier molecular flexibility index (Phi) is 23.1. The summed E-state index contributed by atoms with van der Waals surface area (Å²) < 4.78 is 22.4. The van der Waals surface area contributed by atoms with E-state index in [0.29, 0.717) is 13.2 Å². The Morgan fingerprint density at radius 2 is 1.00 bits per heavy atom. The van der Waals surface area contributed by atoms with Gasteiger partial charge < -0.3 is 4.89 Å². The maximum atomic E-state index is 12.0. The van der Waals surface area contributed by atoms with Crippen molar-refractivity contribution in [1.82, 2.24) is 0 Å². The van der Waals surface area contributed by atoms with E-state index in [1.165, 1.54) is 133 Å². The van der Waals surface area contributed by atoms with E-state index in [1.807, 2.05) is 0 Å². The molecule has 0 heterocycles. The summed E-state index contributed by atoms with van der Waals surface area (Å²) in [4.78, 5) is 9.88. The van der Waals surface area contributed by atoms with Crippen molar-refractivity contribution in [2.24, 2.45) is 0 Å². The standard InChI is InChI=1S/C37H69O4P/c1-6-7-8-9-10-11-14-17-20-23-26-31-40-42(38,39)41-32-27-24-21-18-15-12-13-16-19-22-25-28-35-33-34(2)29-30-36(35)37(3,4)5/h29-30,33H,6-28,31-32H2,1-5H3,(H,38,39). The van der Waals surface area contributed by atoms with E-state index in [-0.39, 0.29) is 5.41 Å². The van der Waals surface area contributed by atoms with Crippen molar-refractivity contribution in [3.8, 4) is 0 Å². The molecule has 0 aliphatic rings. The second-order valence-electron chi connectivity index (χ2n) is 13.7. The minimum atomic E-state index is -3.88. The van der Waals surface area contributed by atoms with Crippen LogP contribution in [0.4, 0.5) is 0 Å². The summed E-state index contributed by atoms with van der Waals surface area (Å²) in [6.07, 6.45) is 28.5. The predicted octanol–water partition coefficient (Wildman–Crippen LogP) is 12.6. The van der Waals surface area contributed by atoms with E-state index in [0.717, 1.165) is 25.7 Å². The van der Waals surface area contributed by atoms with Crippen LogP contribution in [0.25, 0.3) is 0 Å². The summed E-state index contributed by atoms with van der Waals surface area (Å²) >= 11 is 0. The van der Waals surface area contributed by atoms with Crippen LogP contribution in [0, 0.1) is 6.92 Å². The number of phosphoric acid groups is 1. The van der Waals surface area contributed by atoms with Gasteiger partial charge in [0.05, 0.1) is 13.2 Å². The molecule has 1 N–H and O–H groups in total. The van der Waals surface area contributed by atoms with Crippen molar-refractivity contribution in [2.45, 2.75) is 188 Å². The van der Waals surface area contributed by atoms with Crippen molar-refractivity contribution in [1.29, 1.82) is 0 Å². The third kappa shape index (κ3) is 21.9. The number of unbranched alkanes of at least 4 members (excludes halogenated alkanes) is 20. The van der Waals surface area contributed by atoms with Crippen molar-refractivity contribution in [2.75, 3.05) is 13.2 Å². The first-order valence-corrected chi connectivity index (χ1v) is 19.4. The summed E-state index contributed by atoms with van der Waals surface area (Å²) in [6.45, 7) is 12.0. The lowest BCUT2D eigenvalue weighted by molar-refractivity contribution is 0.145. The van der Waals surface area contributed by atoms with Crippen LogP contribution in [0.5, 0.6) is 0 Å². The third-order valence-electron chi connectivity index (χ3n) is 8.42. The molecule has 246 valence electrons. The first-order valence-electron chi connectivity index (χ1n) is 17.9. The number of hydrogen-bond acceptors (Lipinski definition) is 3. The van der Waals surface area contributed by atoms with Gasteiger partial charge in [-0.25, -0.2) is 4.57 Å². The van der Waals surface area contributed by atoms with Crippen LogP contribution in [-0.4, -0.2) is 18.1 Å². The lowest BCUT2D eigenvalue weighted by atomic mass is 9.82. The quantitative estimate of drug-likeness (QED) is 0.0759. The number of benzene rings is 1. The summed E-state index contributed by atoms with van der Waals surface area (Å²) in [5, 5.41) is 0. The van der Waals surface area contributed by atoms with Gasteiger partial charge >= 0.3 is 7.82 Å². The number of rotatable bonds is 28. The van der Waals surface area contributed by atoms with Crippen molar-refractivity contribution >= 4 is 7.82 Å². The van der Waals surface area contributed by atoms with Crippen LogP contribution < -0.4 is 0 Å². The smallest absolute Gasteiger partial charge is 0.302 e. The zero-order chi connectivity index (χ0) is 30.9. The maximum absolute atomic E-state index is 12.0. The van der Waals surface area contributed by atoms with E-state index >= 15 is 0 Å². The van der Waals surface area contributed by atoms with Gasteiger partial charge in [0, 0.05) is 0 Å². The second-order valence-corrected chi connectivity index (χ2v) is 15.2.